The summed E-state index contributed by atoms with van der Waals surface area (Å²) in [5.41, 5.74) is 4.51. The van der Waals surface area contributed by atoms with Crippen molar-refractivity contribution in [1.82, 2.24) is 10.5 Å². The summed E-state index contributed by atoms with van der Waals surface area (Å²) in [7, 11) is 3.52. The number of pyridine rings is 1. The Morgan fingerprint density at radius 1 is 1.31 bits per heavy atom. The summed E-state index contributed by atoms with van der Waals surface area (Å²) in [4.78, 5) is 18.5. The van der Waals surface area contributed by atoms with E-state index in [1.165, 1.54) is 11.8 Å². The molecule has 3 aromatic rings. The number of nitrogens with zero attached hydrogens (tertiary/aromatic N) is 3. The molecule has 29 heavy (non-hydrogen) atoms. The van der Waals surface area contributed by atoms with Gasteiger partial charge in [0.2, 0.25) is 5.91 Å². The first-order valence-corrected chi connectivity index (χ1v) is 9.83. The van der Waals surface area contributed by atoms with Crippen LogP contribution in [-0.4, -0.2) is 36.0 Å². The van der Waals surface area contributed by atoms with E-state index in [1.54, 1.807) is 18.7 Å². The molecule has 1 aromatic heterocycles. The van der Waals surface area contributed by atoms with Crippen molar-refractivity contribution in [1.29, 1.82) is 5.26 Å². The van der Waals surface area contributed by atoms with Crippen LogP contribution < -0.4 is 15.1 Å². The quantitative estimate of drug-likeness (QED) is 0.348. The Morgan fingerprint density at radius 3 is 2.83 bits per heavy atom. The molecule has 2 N–H and O–H groups in total. The van der Waals surface area contributed by atoms with Crippen LogP contribution in [0.2, 0.25) is 0 Å². The van der Waals surface area contributed by atoms with E-state index in [0.717, 1.165) is 27.2 Å². The monoisotopic (exact) mass is 408 g/mol. The van der Waals surface area contributed by atoms with Crippen LogP contribution in [0.3, 0.4) is 0 Å². The van der Waals surface area contributed by atoms with Crippen molar-refractivity contribution in [2.45, 2.75) is 11.3 Å². The number of amides is 1. The molecule has 0 aliphatic heterocycles. The summed E-state index contributed by atoms with van der Waals surface area (Å²) >= 11 is 1.47. The van der Waals surface area contributed by atoms with Gasteiger partial charge < -0.3 is 9.64 Å². The number of benzene rings is 2. The number of anilines is 2. The Kier molecular flexibility index (Phi) is 6.54. The molecular weight excluding hydrogens is 388 g/mol. The number of carbonyl (C=O) groups is 1. The molecule has 3 rings (SSSR count). The summed E-state index contributed by atoms with van der Waals surface area (Å²) < 4.78 is 5.43. The predicted molar refractivity (Wildman–Crippen MR) is 113 cm³/mol. The Morgan fingerprint density at radius 2 is 2.10 bits per heavy atom. The van der Waals surface area contributed by atoms with E-state index in [0.29, 0.717) is 17.2 Å². The number of para-hydroxylation sites is 1. The van der Waals surface area contributed by atoms with E-state index < -0.39 is 5.91 Å². The minimum atomic E-state index is -0.433. The fourth-order valence-corrected chi connectivity index (χ4v) is 3.93. The zero-order valence-electron chi connectivity index (χ0n) is 16.0. The molecule has 1 heterocycles. The topological polar surface area (TPSA) is 98.5 Å². The van der Waals surface area contributed by atoms with Crippen molar-refractivity contribution < 1.29 is 14.7 Å². The molecule has 0 aliphatic carbocycles. The first kappa shape index (κ1) is 20.5. The molecule has 0 unspecified atom stereocenters. The second-order valence-corrected chi connectivity index (χ2v) is 7.32. The average molecular weight is 408 g/mol. The molecule has 0 aliphatic rings. The van der Waals surface area contributed by atoms with E-state index >= 15 is 0 Å². The number of fused-ring (bicyclic) bond motifs is 1. The van der Waals surface area contributed by atoms with Crippen LogP contribution in [0.15, 0.2) is 53.4 Å². The fourth-order valence-electron chi connectivity index (χ4n) is 2.93. The second kappa shape index (κ2) is 9.28. The molecule has 0 saturated carbocycles. The highest BCUT2D eigenvalue weighted by molar-refractivity contribution is 7.99. The zero-order valence-corrected chi connectivity index (χ0v) is 16.9. The van der Waals surface area contributed by atoms with Gasteiger partial charge in [0.25, 0.3) is 0 Å². The van der Waals surface area contributed by atoms with E-state index in [-0.39, 0.29) is 6.42 Å². The number of methoxy groups -OCH3 is 1. The smallest absolute Gasteiger partial charge is 0.244 e. The molecule has 148 valence electrons. The summed E-state index contributed by atoms with van der Waals surface area (Å²) in [6.07, 6.45) is 0.185. The summed E-state index contributed by atoms with van der Waals surface area (Å²) in [6, 6.07) is 17.4. The van der Waals surface area contributed by atoms with Gasteiger partial charge in [0.1, 0.15) is 17.5 Å². The third-order valence-electron chi connectivity index (χ3n) is 4.42. The van der Waals surface area contributed by atoms with Crippen molar-refractivity contribution in [3.63, 3.8) is 0 Å². The van der Waals surface area contributed by atoms with E-state index in [2.05, 4.69) is 11.1 Å². The molecule has 0 saturated heterocycles. The number of nitriles is 1. The van der Waals surface area contributed by atoms with Gasteiger partial charge in [-0.2, -0.15) is 5.26 Å². The summed E-state index contributed by atoms with van der Waals surface area (Å²) in [5.74, 6) is 0.762. The molecule has 0 radical (unpaired) electrons. The van der Waals surface area contributed by atoms with Gasteiger partial charge in [-0.1, -0.05) is 18.2 Å². The largest absolute Gasteiger partial charge is 0.496 e. The van der Waals surface area contributed by atoms with Crippen molar-refractivity contribution in [2.24, 2.45) is 0 Å². The highest BCUT2D eigenvalue weighted by Gasteiger charge is 2.14. The van der Waals surface area contributed by atoms with Crippen LogP contribution in [0.1, 0.15) is 12.1 Å². The number of nitrogens with one attached hydrogen (secondary N) is 1. The van der Waals surface area contributed by atoms with Gasteiger partial charge in [0.15, 0.2) is 0 Å². The van der Waals surface area contributed by atoms with Gasteiger partial charge in [0.05, 0.1) is 23.2 Å². The molecule has 1 amide bonds. The fraction of sp³-hybridized carbons (Fsp3) is 0.190. The maximum atomic E-state index is 11.3. The third kappa shape index (κ3) is 4.59. The van der Waals surface area contributed by atoms with Crippen LogP contribution in [-0.2, 0) is 4.79 Å². The van der Waals surface area contributed by atoms with Gasteiger partial charge in [0, 0.05) is 30.3 Å². The summed E-state index contributed by atoms with van der Waals surface area (Å²) in [5, 5.41) is 18.9. The van der Waals surface area contributed by atoms with Gasteiger partial charge in [-0.05, 0) is 30.3 Å². The minimum Gasteiger partial charge on any atom is -0.496 e. The van der Waals surface area contributed by atoms with Crippen molar-refractivity contribution in [3.05, 3.63) is 54.2 Å². The SMILES string of the molecule is COc1ccc(N(C)c2cc(C#N)nc3ccccc23)cc1SCCC(=O)NO. The molecular formula is C21H20N4O3S. The lowest BCUT2D eigenvalue weighted by atomic mass is 10.1. The predicted octanol–water partition coefficient (Wildman–Crippen LogP) is 3.87. The lowest BCUT2D eigenvalue weighted by Crippen LogP contribution is -2.18. The standard InChI is InChI=1S/C21H20N4O3S/c1-25(18-11-14(13-22)23-17-6-4-3-5-16(17)18)15-7-8-19(28-2)20(12-15)29-10-9-21(26)24-27/h3-8,11-12,27H,9-10H2,1-2H3,(H,24,26). The first-order chi connectivity index (χ1) is 14.1. The maximum absolute atomic E-state index is 11.3. The van der Waals surface area contributed by atoms with Gasteiger partial charge >= 0.3 is 0 Å². The molecule has 7 nitrogen and oxygen atoms in total. The number of ether oxygens (including phenoxy) is 1. The summed E-state index contributed by atoms with van der Waals surface area (Å²) in [6.45, 7) is 0. The minimum absolute atomic E-state index is 0.185. The number of aromatic nitrogens is 1. The van der Waals surface area contributed by atoms with Crippen LogP contribution in [0.4, 0.5) is 11.4 Å². The number of hydrogen-bond donors (Lipinski definition) is 2. The molecule has 0 bridgehead atoms. The lowest BCUT2D eigenvalue weighted by molar-refractivity contribution is -0.128. The molecule has 2 aromatic carbocycles. The number of carbonyl (C=O) groups excluding carboxylic acids is 1. The van der Waals surface area contributed by atoms with Gasteiger partial charge in [-0.25, -0.2) is 10.5 Å². The first-order valence-electron chi connectivity index (χ1n) is 8.84. The van der Waals surface area contributed by atoms with Crippen molar-refractivity contribution in [2.75, 3.05) is 24.8 Å². The normalized spacial score (nSPS) is 10.4. The Labute approximate surface area is 172 Å². The Hall–Kier alpha value is -3.28. The Balaban J connectivity index is 1.96. The molecule has 8 heteroatoms. The van der Waals surface area contributed by atoms with Crippen LogP contribution in [0.25, 0.3) is 10.9 Å². The Bertz CT molecular complexity index is 1080. The molecule has 0 fully saturated rings. The number of thioether (sulfide) groups is 1. The van der Waals surface area contributed by atoms with Crippen molar-refractivity contribution in [3.8, 4) is 11.8 Å². The van der Waals surface area contributed by atoms with Gasteiger partial charge in [-0.3, -0.25) is 10.0 Å². The molecule has 0 atom stereocenters. The van der Waals surface area contributed by atoms with Crippen LogP contribution in [0, 0.1) is 11.3 Å². The maximum Gasteiger partial charge on any atom is 0.244 e. The highest BCUT2D eigenvalue weighted by atomic mass is 32.2. The number of rotatable bonds is 7. The third-order valence-corrected chi connectivity index (χ3v) is 5.45. The zero-order chi connectivity index (χ0) is 20.8. The second-order valence-electron chi connectivity index (χ2n) is 6.18. The molecule has 0 spiro atoms. The average Bonchev–Trinajstić information content (AvgIpc) is 2.77. The van der Waals surface area contributed by atoms with Crippen LogP contribution in [0.5, 0.6) is 5.75 Å². The van der Waals surface area contributed by atoms with E-state index in [4.69, 9.17) is 9.94 Å². The lowest BCUT2D eigenvalue weighted by Gasteiger charge is -2.23. The van der Waals surface area contributed by atoms with Crippen molar-refractivity contribution >= 4 is 39.9 Å². The van der Waals surface area contributed by atoms with Crippen LogP contribution >= 0.6 is 11.8 Å². The number of hydroxylamine groups is 1. The van der Waals surface area contributed by atoms with E-state index in [1.807, 2.05) is 54.4 Å². The van der Waals surface area contributed by atoms with E-state index in [9.17, 15) is 10.1 Å². The highest BCUT2D eigenvalue weighted by Crippen LogP contribution is 2.37. The van der Waals surface area contributed by atoms with Gasteiger partial charge in [-0.15, -0.1) is 11.8 Å². The number of hydrogen-bond acceptors (Lipinski definition) is 7.